The van der Waals surface area contributed by atoms with E-state index in [2.05, 4.69) is 9.47 Å². The van der Waals surface area contributed by atoms with Crippen LogP contribution in [-0.4, -0.2) is 32.0 Å². The predicted molar refractivity (Wildman–Crippen MR) is 29.4 cm³/mol. The van der Waals surface area contributed by atoms with Crippen molar-refractivity contribution < 1.29 is 36.2 Å². The Hall–Kier alpha value is -1.08. The summed E-state index contributed by atoms with van der Waals surface area (Å²) in [5, 5.41) is 0. The van der Waals surface area contributed by atoms with Crippen molar-refractivity contribution in [3.8, 4) is 0 Å². The molecule has 0 fully saturated rings. The number of alkyl halides is 5. The first-order chi connectivity index (χ1) is 5.81. The molecule has 0 aliphatic rings. The fourth-order valence-corrected chi connectivity index (χ4v) is 0.313. The van der Waals surface area contributed by atoms with Crippen molar-refractivity contribution >= 4 is 6.16 Å². The van der Waals surface area contributed by atoms with Gasteiger partial charge in [0.1, 0.15) is 0 Å². The van der Waals surface area contributed by atoms with Crippen LogP contribution < -0.4 is 0 Å². The Morgan fingerprint density at radius 3 is 2.15 bits per heavy atom. The van der Waals surface area contributed by atoms with Gasteiger partial charge in [-0.3, -0.25) is 0 Å². The smallest absolute Gasteiger partial charge is 0.428 e. The lowest BCUT2D eigenvalue weighted by Crippen LogP contribution is -2.22. The molecule has 0 atom stereocenters. The van der Waals surface area contributed by atoms with Gasteiger partial charge in [-0.25, -0.2) is 13.6 Å². The Balaban J connectivity index is 3.53. The van der Waals surface area contributed by atoms with Crippen LogP contribution in [0, 0.1) is 0 Å². The summed E-state index contributed by atoms with van der Waals surface area (Å²) < 4.78 is 63.7. The van der Waals surface area contributed by atoms with Gasteiger partial charge in [-0.1, -0.05) is 0 Å². The van der Waals surface area contributed by atoms with Crippen LogP contribution in [0.15, 0.2) is 0 Å². The van der Waals surface area contributed by atoms with Crippen molar-refractivity contribution in [1.29, 1.82) is 0 Å². The zero-order chi connectivity index (χ0) is 10.5. The van der Waals surface area contributed by atoms with Crippen LogP contribution in [0.3, 0.4) is 0 Å². The van der Waals surface area contributed by atoms with Crippen molar-refractivity contribution in [1.82, 2.24) is 0 Å². The zero-order valence-electron chi connectivity index (χ0n) is 6.11. The highest BCUT2D eigenvalue weighted by Gasteiger charge is 2.30. The number of halogens is 5. The second-order valence-corrected chi connectivity index (χ2v) is 1.86. The molecule has 0 aromatic carbocycles. The van der Waals surface area contributed by atoms with Crippen LogP contribution in [-0.2, 0) is 9.47 Å². The van der Waals surface area contributed by atoms with Gasteiger partial charge in [-0.05, 0) is 0 Å². The SMILES string of the molecule is O=C(OCC(F)F)OCC(F)(F)F. The number of hydrogen-bond acceptors (Lipinski definition) is 3. The number of rotatable bonds is 3. The fraction of sp³-hybridized carbons (Fsp3) is 0.800. The molecule has 0 bridgehead atoms. The fourth-order valence-electron chi connectivity index (χ4n) is 0.313. The minimum Gasteiger partial charge on any atom is -0.428 e. The molecule has 0 aromatic heterocycles. The molecule has 0 unspecified atom stereocenters. The van der Waals surface area contributed by atoms with Crippen molar-refractivity contribution in [3.63, 3.8) is 0 Å². The lowest BCUT2D eigenvalue weighted by molar-refractivity contribution is -0.166. The normalized spacial score (nSPS) is 11.5. The highest BCUT2D eigenvalue weighted by Crippen LogP contribution is 2.14. The van der Waals surface area contributed by atoms with Crippen LogP contribution in [0.25, 0.3) is 0 Å². The van der Waals surface area contributed by atoms with Gasteiger partial charge in [-0.15, -0.1) is 0 Å². The molecule has 0 heterocycles. The largest absolute Gasteiger partial charge is 0.508 e. The molecule has 78 valence electrons. The first-order valence-electron chi connectivity index (χ1n) is 2.95. The molecule has 0 aliphatic heterocycles. The van der Waals surface area contributed by atoms with Crippen LogP contribution in [0.2, 0.25) is 0 Å². The topological polar surface area (TPSA) is 35.5 Å². The lowest BCUT2D eigenvalue weighted by Gasteiger charge is -2.07. The minimum absolute atomic E-state index is 1.28. The summed E-state index contributed by atoms with van der Waals surface area (Å²) in [7, 11) is 0. The molecule has 0 N–H and O–H groups in total. The summed E-state index contributed by atoms with van der Waals surface area (Å²) in [6, 6.07) is 0. The molecule has 0 radical (unpaired) electrons. The first kappa shape index (κ1) is 11.9. The summed E-state index contributed by atoms with van der Waals surface area (Å²) in [4.78, 5) is 10.1. The van der Waals surface area contributed by atoms with Crippen LogP contribution in [0.4, 0.5) is 26.7 Å². The van der Waals surface area contributed by atoms with Gasteiger partial charge < -0.3 is 9.47 Å². The highest BCUT2D eigenvalue weighted by atomic mass is 19.4. The van der Waals surface area contributed by atoms with E-state index < -0.39 is 32.0 Å². The monoisotopic (exact) mass is 208 g/mol. The molecule has 0 rings (SSSR count). The molecule has 0 amide bonds. The van der Waals surface area contributed by atoms with Crippen LogP contribution in [0.5, 0.6) is 0 Å². The van der Waals surface area contributed by atoms with E-state index in [0.29, 0.717) is 0 Å². The summed E-state index contributed by atoms with van der Waals surface area (Å²) in [5.41, 5.74) is 0. The molecule has 0 aromatic rings. The van der Waals surface area contributed by atoms with E-state index in [-0.39, 0.29) is 0 Å². The van der Waals surface area contributed by atoms with E-state index in [1.165, 1.54) is 0 Å². The second kappa shape index (κ2) is 4.83. The van der Waals surface area contributed by atoms with E-state index in [1.54, 1.807) is 0 Å². The van der Waals surface area contributed by atoms with Crippen LogP contribution in [0.1, 0.15) is 0 Å². The molecule has 0 spiro atoms. The summed E-state index contributed by atoms with van der Waals surface area (Å²) >= 11 is 0. The van der Waals surface area contributed by atoms with Crippen molar-refractivity contribution in [2.45, 2.75) is 12.6 Å². The summed E-state index contributed by atoms with van der Waals surface area (Å²) in [5.74, 6) is 0. The molecule has 0 saturated heterocycles. The maximum Gasteiger partial charge on any atom is 0.508 e. The van der Waals surface area contributed by atoms with E-state index >= 15 is 0 Å². The summed E-state index contributed by atoms with van der Waals surface area (Å²) in [6.45, 7) is -3.13. The molecule has 0 saturated carbocycles. The van der Waals surface area contributed by atoms with Crippen molar-refractivity contribution in [2.24, 2.45) is 0 Å². The van der Waals surface area contributed by atoms with Gasteiger partial charge in [-0.2, -0.15) is 13.2 Å². The van der Waals surface area contributed by atoms with Gasteiger partial charge >= 0.3 is 12.3 Å². The Morgan fingerprint density at radius 2 is 1.77 bits per heavy atom. The Labute approximate surface area is 69.4 Å². The van der Waals surface area contributed by atoms with E-state index in [0.717, 1.165) is 0 Å². The zero-order valence-corrected chi connectivity index (χ0v) is 6.11. The van der Waals surface area contributed by atoms with Crippen molar-refractivity contribution in [3.05, 3.63) is 0 Å². The quantitative estimate of drug-likeness (QED) is 0.525. The molecular weight excluding hydrogens is 203 g/mol. The average Bonchev–Trinajstić information content (AvgIpc) is 1.95. The summed E-state index contributed by atoms with van der Waals surface area (Å²) in [6.07, 6.45) is -9.39. The third-order valence-corrected chi connectivity index (χ3v) is 0.681. The number of carbonyl (C=O) groups is 1. The number of ether oxygens (including phenoxy) is 2. The Bertz CT molecular complexity index is 166. The molecule has 13 heavy (non-hydrogen) atoms. The van der Waals surface area contributed by atoms with Crippen LogP contribution >= 0.6 is 0 Å². The maximum atomic E-state index is 11.3. The number of hydrogen-bond donors (Lipinski definition) is 0. The third-order valence-electron chi connectivity index (χ3n) is 0.681. The van der Waals surface area contributed by atoms with Gasteiger partial charge in [0, 0.05) is 0 Å². The Morgan fingerprint density at radius 1 is 1.23 bits per heavy atom. The first-order valence-corrected chi connectivity index (χ1v) is 2.95. The minimum atomic E-state index is -4.69. The van der Waals surface area contributed by atoms with Gasteiger partial charge in [0.2, 0.25) is 0 Å². The molecule has 0 aliphatic carbocycles. The maximum absolute atomic E-state index is 11.3. The molecule has 3 nitrogen and oxygen atoms in total. The lowest BCUT2D eigenvalue weighted by atomic mass is 10.7. The van der Waals surface area contributed by atoms with Crippen molar-refractivity contribution in [2.75, 3.05) is 13.2 Å². The number of carbonyl (C=O) groups excluding carboxylic acids is 1. The van der Waals surface area contributed by atoms with E-state index in [4.69, 9.17) is 0 Å². The van der Waals surface area contributed by atoms with Gasteiger partial charge in [0.05, 0.1) is 0 Å². The second-order valence-electron chi connectivity index (χ2n) is 1.86. The van der Waals surface area contributed by atoms with E-state index in [9.17, 15) is 26.7 Å². The van der Waals surface area contributed by atoms with Gasteiger partial charge in [0.15, 0.2) is 13.2 Å². The van der Waals surface area contributed by atoms with Gasteiger partial charge in [0.25, 0.3) is 6.43 Å². The predicted octanol–water partition coefficient (Wildman–Crippen LogP) is 1.97. The standard InChI is InChI=1S/C5H5F5O3/c6-3(7)1-12-4(11)13-2-5(8,9)10/h3H,1-2H2. The third kappa shape index (κ3) is 8.83. The molecule has 8 heteroatoms. The van der Waals surface area contributed by atoms with E-state index in [1.807, 2.05) is 0 Å². The molecular formula is C5H5F5O3. The Kier molecular flexibility index (Phi) is 4.43. The highest BCUT2D eigenvalue weighted by molar-refractivity contribution is 5.59. The average molecular weight is 208 g/mol.